The molecular weight excluding hydrogens is 362 g/mol. The van der Waals surface area contributed by atoms with Crippen LogP contribution >= 0.6 is 0 Å². The molecule has 3 aliphatic rings. The van der Waals surface area contributed by atoms with E-state index in [4.69, 9.17) is 0 Å². The van der Waals surface area contributed by atoms with Crippen LogP contribution in [0.2, 0.25) is 0 Å². The predicted octanol–water partition coefficient (Wildman–Crippen LogP) is 1.87. The molecule has 3 saturated heterocycles. The van der Waals surface area contributed by atoms with Gasteiger partial charge in [0, 0.05) is 50.9 Å². The van der Waals surface area contributed by atoms with Gasteiger partial charge in [-0.3, -0.25) is 14.6 Å². The summed E-state index contributed by atoms with van der Waals surface area (Å²) in [6.45, 7) is 5.20. The molecule has 3 aliphatic heterocycles. The second-order valence-corrected chi connectivity index (χ2v) is 8.92. The Morgan fingerprint density at radius 1 is 0.966 bits per heavy atom. The van der Waals surface area contributed by atoms with Crippen molar-refractivity contribution in [2.75, 3.05) is 39.3 Å². The van der Waals surface area contributed by atoms with E-state index in [0.29, 0.717) is 0 Å². The van der Waals surface area contributed by atoms with Gasteiger partial charge in [0.2, 0.25) is 0 Å². The van der Waals surface area contributed by atoms with E-state index in [2.05, 4.69) is 40.1 Å². The van der Waals surface area contributed by atoms with Crippen LogP contribution in [0.25, 0.3) is 0 Å². The lowest BCUT2D eigenvalue weighted by atomic mass is 9.83. The Labute approximate surface area is 172 Å². The molecule has 3 fully saturated rings. The fourth-order valence-electron chi connectivity index (χ4n) is 5.49. The zero-order valence-electron chi connectivity index (χ0n) is 16.8. The molecule has 0 bridgehead atoms. The first-order valence-electron chi connectivity index (χ1n) is 10.7. The quantitative estimate of drug-likeness (QED) is 0.865. The molecule has 1 spiro atoms. The molecule has 1 N–H and O–H groups in total. The Hall–Kier alpha value is -2.21. The second-order valence-electron chi connectivity index (χ2n) is 8.92. The van der Waals surface area contributed by atoms with E-state index in [1.54, 1.807) is 0 Å². The van der Waals surface area contributed by atoms with Crippen LogP contribution in [0.5, 0.6) is 0 Å². The minimum absolute atomic E-state index is 0.0124. The van der Waals surface area contributed by atoms with Crippen molar-refractivity contribution in [2.24, 2.45) is 0 Å². The van der Waals surface area contributed by atoms with Gasteiger partial charge < -0.3 is 10.0 Å². The van der Waals surface area contributed by atoms with Gasteiger partial charge in [-0.15, -0.1) is 0 Å². The molecule has 5 heteroatoms. The van der Waals surface area contributed by atoms with E-state index < -0.39 is 0 Å². The first kappa shape index (κ1) is 18.8. The van der Waals surface area contributed by atoms with E-state index in [-0.39, 0.29) is 23.6 Å². The standard InChI is InChI=1S/C24H29N3O2/c28-22-13-21-14-26(23(29)20-9-5-2-6-10-20)18-24(27(21)15-22)16-25(17-24)12-11-19-7-3-1-4-8-19/h1-10,21-22,28H,11-18H2/t21-,22+/m0/s1. The van der Waals surface area contributed by atoms with E-state index in [0.717, 1.165) is 57.7 Å². The summed E-state index contributed by atoms with van der Waals surface area (Å²) in [5, 5.41) is 10.3. The first-order valence-corrected chi connectivity index (χ1v) is 10.7. The molecule has 152 valence electrons. The molecule has 0 radical (unpaired) electrons. The summed E-state index contributed by atoms with van der Waals surface area (Å²) in [5.74, 6) is 0.119. The van der Waals surface area contributed by atoms with Gasteiger partial charge in [-0.1, -0.05) is 48.5 Å². The van der Waals surface area contributed by atoms with Gasteiger partial charge in [0.15, 0.2) is 0 Å². The first-order chi connectivity index (χ1) is 14.1. The van der Waals surface area contributed by atoms with Crippen molar-refractivity contribution in [2.45, 2.75) is 30.5 Å². The molecule has 0 aliphatic carbocycles. The van der Waals surface area contributed by atoms with Crippen LogP contribution in [0, 0.1) is 0 Å². The Bertz CT molecular complexity index is 851. The zero-order chi connectivity index (χ0) is 19.8. The van der Waals surface area contributed by atoms with E-state index >= 15 is 0 Å². The van der Waals surface area contributed by atoms with E-state index in [9.17, 15) is 9.90 Å². The smallest absolute Gasteiger partial charge is 0.253 e. The lowest BCUT2D eigenvalue weighted by Gasteiger charge is -2.61. The van der Waals surface area contributed by atoms with Crippen molar-refractivity contribution in [3.63, 3.8) is 0 Å². The maximum absolute atomic E-state index is 13.1. The number of hydrogen-bond acceptors (Lipinski definition) is 4. The number of benzene rings is 2. The normalized spacial score (nSPS) is 26.3. The molecule has 0 saturated carbocycles. The second kappa shape index (κ2) is 7.56. The van der Waals surface area contributed by atoms with Gasteiger partial charge >= 0.3 is 0 Å². The Morgan fingerprint density at radius 2 is 1.66 bits per heavy atom. The fourth-order valence-corrected chi connectivity index (χ4v) is 5.49. The molecule has 2 aromatic carbocycles. The number of nitrogens with zero attached hydrogens (tertiary/aromatic N) is 3. The van der Waals surface area contributed by atoms with Crippen molar-refractivity contribution in [1.82, 2.24) is 14.7 Å². The van der Waals surface area contributed by atoms with Crippen LogP contribution in [0.15, 0.2) is 60.7 Å². The highest BCUT2D eigenvalue weighted by Gasteiger charge is 2.56. The van der Waals surface area contributed by atoms with Gasteiger partial charge in [-0.25, -0.2) is 0 Å². The molecule has 0 unspecified atom stereocenters. The summed E-state index contributed by atoms with van der Waals surface area (Å²) < 4.78 is 0. The van der Waals surface area contributed by atoms with Crippen LogP contribution in [-0.2, 0) is 6.42 Å². The number of hydrogen-bond donors (Lipinski definition) is 1. The SMILES string of the molecule is O=C(c1ccccc1)N1C[C@@H]2C[C@@H](O)CN2C2(CN(CCc3ccccc3)C2)C1. The molecule has 5 nitrogen and oxygen atoms in total. The average Bonchev–Trinajstić information content (AvgIpc) is 3.11. The van der Waals surface area contributed by atoms with Crippen molar-refractivity contribution in [3.8, 4) is 0 Å². The van der Waals surface area contributed by atoms with Crippen molar-refractivity contribution < 1.29 is 9.90 Å². The molecule has 29 heavy (non-hydrogen) atoms. The number of carbonyl (C=O) groups excluding carboxylic acids is 1. The maximum atomic E-state index is 13.1. The third-order valence-electron chi connectivity index (χ3n) is 6.82. The molecule has 2 aromatic rings. The number of piperazine rings is 1. The maximum Gasteiger partial charge on any atom is 0.253 e. The van der Waals surface area contributed by atoms with Crippen LogP contribution in [0.1, 0.15) is 22.3 Å². The summed E-state index contributed by atoms with van der Waals surface area (Å²) >= 11 is 0. The summed E-state index contributed by atoms with van der Waals surface area (Å²) in [6.07, 6.45) is 1.54. The Morgan fingerprint density at radius 3 is 2.38 bits per heavy atom. The number of likely N-dealkylation sites (tertiary alicyclic amines) is 1. The van der Waals surface area contributed by atoms with Gasteiger partial charge in [0.05, 0.1) is 11.6 Å². The third-order valence-corrected chi connectivity index (χ3v) is 6.82. The van der Waals surface area contributed by atoms with E-state index in [1.165, 1.54) is 5.56 Å². The molecule has 1 amide bonds. The van der Waals surface area contributed by atoms with Crippen LogP contribution < -0.4 is 0 Å². The number of aliphatic hydroxyl groups is 1. The van der Waals surface area contributed by atoms with Gasteiger partial charge in [-0.05, 0) is 30.5 Å². The highest BCUT2D eigenvalue weighted by Crippen LogP contribution is 2.39. The number of rotatable bonds is 4. The number of amides is 1. The highest BCUT2D eigenvalue weighted by molar-refractivity contribution is 5.94. The monoisotopic (exact) mass is 391 g/mol. The highest BCUT2D eigenvalue weighted by atomic mass is 16.3. The van der Waals surface area contributed by atoms with Crippen LogP contribution in [0.3, 0.4) is 0 Å². The third kappa shape index (κ3) is 3.59. The number of fused-ring (bicyclic) bond motifs is 2. The van der Waals surface area contributed by atoms with E-state index in [1.807, 2.05) is 35.2 Å². The Kier molecular flexibility index (Phi) is 4.90. The van der Waals surface area contributed by atoms with Gasteiger partial charge in [0.1, 0.15) is 0 Å². The van der Waals surface area contributed by atoms with Crippen molar-refractivity contribution in [3.05, 3.63) is 71.8 Å². The largest absolute Gasteiger partial charge is 0.392 e. The molecular formula is C24H29N3O2. The van der Waals surface area contributed by atoms with Crippen LogP contribution in [0.4, 0.5) is 0 Å². The van der Waals surface area contributed by atoms with Crippen molar-refractivity contribution >= 4 is 5.91 Å². The minimum atomic E-state index is -0.276. The molecule has 0 aromatic heterocycles. The molecule has 2 atom stereocenters. The van der Waals surface area contributed by atoms with Gasteiger partial charge in [-0.2, -0.15) is 0 Å². The zero-order valence-corrected chi connectivity index (χ0v) is 16.8. The summed E-state index contributed by atoms with van der Waals surface area (Å²) in [4.78, 5) is 20.1. The fraction of sp³-hybridized carbons (Fsp3) is 0.458. The summed E-state index contributed by atoms with van der Waals surface area (Å²) in [7, 11) is 0. The number of β-amino-alcohol motifs (C(OH)–C–C–N with tert-alkyl or cyclic N) is 1. The van der Waals surface area contributed by atoms with Crippen LogP contribution in [-0.4, -0.2) is 82.7 Å². The minimum Gasteiger partial charge on any atom is -0.392 e. The van der Waals surface area contributed by atoms with Crippen molar-refractivity contribution in [1.29, 1.82) is 0 Å². The lowest BCUT2D eigenvalue weighted by molar-refractivity contribution is -0.105. The predicted molar refractivity (Wildman–Crippen MR) is 113 cm³/mol. The van der Waals surface area contributed by atoms with Gasteiger partial charge in [0.25, 0.3) is 5.91 Å². The number of aliphatic hydroxyl groups excluding tert-OH is 1. The molecule has 5 rings (SSSR count). The topological polar surface area (TPSA) is 47.0 Å². The molecule has 3 heterocycles. The summed E-state index contributed by atoms with van der Waals surface area (Å²) in [5.41, 5.74) is 2.11. The Balaban J connectivity index is 1.28. The summed E-state index contributed by atoms with van der Waals surface area (Å²) in [6, 6.07) is 20.5. The number of carbonyl (C=O) groups is 1. The average molecular weight is 392 g/mol. The lowest BCUT2D eigenvalue weighted by Crippen LogP contribution is -2.78.